The fourth-order valence-corrected chi connectivity index (χ4v) is 4.85. The molecule has 0 unspecified atom stereocenters. The van der Waals surface area contributed by atoms with Crippen LogP contribution in [-0.2, 0) is 9.59 Å². The molecule has 0 aliphatic carbocycles. The lowest BCUT2D eigenvalue weighted by Crippen LogP contribution is -2.29. The normalized spacial score (nSPS) is 17.9. The molecular weight excluding hydrogens is 427 g/mol. The van der Waals surface area contributed by atoms with Crippen LogP contribution < -0.4 is 4.90 Å². The minimum atomic E-state index is -0.858. The van der Waals surface area contributed by atoms with Crippen molar-refractivity contribution in [2.24, 2.45) is 0 Å². The first kappa shape index (κ1) is 20.1. The van der Waals surface area contributed by atoms with Gasteiger partial charge in [0.05, 0.1) is 21.8 Å². The average molecular weight is 444 g/mol. The smallest absolute Gasteiger partial charge is 0.301 e. The Morgan fingerprint density at radius 1 is 1.03 bits per heavy atom. The van der Waals surface area contributed by atoms with E-state index in [1.165, 1.54) is 23.1 Å². The number of nitrogens with zero attached hydrogens (tertiary/aromatic N) is 2. The number of benzene rings is 3. The van der Waals surface area contributed by atoms with Gasteiger partial charge in [0.25, 0.3) is 5.78 Å². The Bertz CT molecular complexity index is 1390. The third-order valence-corrected chi connectivity index (χ3v) is 6.45. The summed E-state index contributed by atoms with van der Waals surface area (Å²) in [6.07, 6.45) is 0. The monoisotopic (exact) mass is 444 g/mol. The molecule has 3 aromatic carbocycles. The van der Waals surface area contributed by atoms with Gasteiger partial charge in [-0.1, -0.05) is 71.5 Å². The molecule has 5 rings (SSSR count). The number of aliphatic hydroxyl groups is 1. The number of ketones is 1. The topological polar surface area (TPSA) is 70.5 Å². The number of carbonyl (C=O) groups excluding carboxylic acids is 2. The molecule has 0 saturated carbocycles. The zero-order valence-electron chi connectivity index (χ0n) is 16.9. The zero-order chi connectivity index (χ0) is 22.4. The van der Waals surface area contributed by atoms with Crippen molar-refractivity contribution in [3.05, 3.63) is 101 Å². The molecule has 1 aliphatic rings. The molecule has 0 radical (unpaired) electrons. The van der Waals surface area contributed by atoms with Crippen molar-refractivity contribution in [3.8, 4) is 0 Å². The number of aromatic nitrogens is 1. The van der Waals surface area contributed by atoms with Crippen LogP contribution in [-0.4, -0.2) is 21.8 Å². The van der Waals surface area contributed by atoms with Crippen molar-refractivity contribution >= 4 is 44.1 Å². The van der Waals surface area contributed by atoms with E-state index in [0.717, 1.165) is 16.9 Å². The number of amides is 1. The highest BCUT2D eigenvalue weighted by Crippen LogP contribution is 2.44. The Balaban J connectivity index is 1.72. The molecule has 0 bridgehead atoms. The van der Waals surface area contributed by atoms with Crippen LogP contribution in [0.2, 0.25) is 0 Å². The van der Waals surface area contributed by atoms with Crippen LogP contribution in [0.3, 0.4) is 0 Å². The van der Waals surface area contributed by atoms with Gasteiger partial charge in [-0.15, -0.1) is 0 Å². The van der Waals surface area contributed by atoms with Gasteiger partial charge in [-0.2, -0.15) is 0 Å². The van der Waals surface area contributed by atoms with Gasteiger partial charge in [-0.25, -0.2) is 9.37 Å². The summed E-state index contributed by atoms with van der Waals surface area (Å²) >= 11 is 1.12. The number of rotatable bonds is 3. The predicted molar refractivity (Wildman–Crippen MR) is 122 cm³/mol. The van der Waals surface area contributed by atoms with Crippen molar-refractivity contribution in [2.45, 2.75) is 13.0 Å². The highest BCUT2D eigenvalue weighted by atomic mass is 32.1. The molecule has 5 nitrogen and oxygen atoms in total. The van der Waals surface area contributed by atoms with Crippen LogP contribution in [0, 0.1) is 12.7 Å². The lowest BCUT2D eigenvalue weighted by atomic mass is 9.95. The third kappa shape index (κ3) is 3.27. The number of Topliss-reactive ketones (excluding diaryl/α,β-unsaturated/α-hetero) is 1. The second kappa shape index (κ2) is 7.69. The molecule has 1 aromatic heterocycles. The molecular formula is C25H17FN2O3S. The maximum atomic E-state index is 13.7. The highest BCUT2D eigenvalue weighted by Gasteiger charge is 2.48. The van der Waals surface area contributed by atoms with Crippen LogP contribution in [0.15, 0.2) is 78.4 Å². The van der Waals surface area contributed by atoms with E-state index in [-0.39, 0.29) is 16.5 Å². The maximum Gasteiger partial charge on any atom is 0.301 e. The minimum Gasteiger partial charge on any atom is -0.507 e. The van der Waals surface area contributed by atoms with Crippen molar-refractivity contribution in [2.75, 3.05) is 4.90 Å². The van der Waals surface area contributed by atoms with Crippen molar-refractivity contribution < 1.29 is 19.1 Å². The highest BCUT2D eigenvalue weighted by molar-refractivity contribution is 7.22. The van der Waals surface area contributed by atoms with Gasteiger partial charge in [0.2, 0.25) is 0 Å². The summed E-state index contributed by atoms with van der Waals surface area (Å²) in [6.45, 7) is 1.92. The van der Waals surface area contributed by atoms with Crippen LogP contribution in [0.4, 0.5) is 9.52 Å². The van der Waals surface area contributed by atoms with Gasteiger partial charge in [0, 0.05) is 5.56 Å². The molecule has 1 aliphatic heterocycles. The molecule has 1 fully saturated rings. The summed E-state index contributed by atoms with van der Waals surface area (Å²) in [7, 11) is 0. The van der Waals surface area contributed by atoms with Crippen molar-refractivity contribution in [1.82, 2.24) is 4.98 Å². The standard InChI is InChI=1S/C25H17FN2O3S/c1-14-7-9-16(10-8-14)22(29)20-21(15-5-3-2-4-6-15)28(24(31)23(20)30)25-27-18-12-11-17(26)13-19(18)32-25/h2-13,21,29H,1H3/b22-20+/t21-/m0/s1. The summed E-state index contributed by atoms with van der Waals surface area (Å²) in [6, 6.07) is 19.4. The number of halogens is 1. The Morgan fingerprint density at radius 2 is 1.75 bits per heavy atom. The van der Waals surface area contributed by atoms with Crippen LogP contribution >= 0.6 is 11.3 Å². The van der Waals surface area contributed by atoms with E-state index < -0.39 is 23.5 Å². The first-order chi connectivity index (χ1) is 15.4. The van der Waals surface area contributed by atoms with E-state index >= 15 is 0 Å². The number of thiazole rings is 1. The number of hydrogen-bond donors (Lipinski definition) is 1. The van der Waals surface area contributed by atoms with E-state index in [2.05, 4.69) is 4.98 Å². The van der Waals surface area contributed by atoms with E-state index in [0.29, 0.717) is 21.3 Å². The van der Waals surface area contributed by atoms with Crippen LogP contribution in [0.1, 0.15) is 22.7 Å². The van der Waals surface area contributed by atoms with Gasteiger partial charge in [0.1, 0.15) is 11.6 Å². The van der Waals surface area contributed by atoms with E-state index in [9.17, 15) is 19.1 Å². The number of anilines is 1. The number of carbonyl (C=O) groups is 2. The lowest BCUT2D eigenvalue weighted by molar-refractivity contribution is -0.132. The SMILES string of the molecule is Cc1ccc(/C(O)=C2\C(=O)C(=O)N(c3nc4ccc(F)cc4s3)[C@H]2c2ccccc2)cc1. The summed E-state index contributed by atoms with van der Waals surface area (Å²) in [5, 5.41) is 11.4. The molecule has 158 valence electrons. The maximum absolute atomic E-state index is 13.7. The average Bonchev–Trinajstić information content (AvgIpc) is 3.32. The Hall–Kier alpha value is -3.84. The molecule has 7 heteroatoms. The molecule has 4 aromatic rings. The Kier molecular flexibility index (Phi) is 4.83. The van der Waals surface area contributed by atoms with Crippen molar-refractivity contribution in [1.29, 1.82) is 0 Å². The Labute approximate surface area is 187 Å². The molecule has 1 saturated heterocycles. The van der Waals surface area contributed by atoms with Crippen LogP contribution in [0.5, 0.6) is 0 Å². The second-order valence-electron chi connectivity index (χ2n) is 7.55. The molecule has 1 amide bonds. The largest absolute Gasteiger partial charge is 0.507 e. The first-order valence-electron chi connectivity index (χ1n) is 9.93. The van der Waals surface area contributed by atoms with Crippen LogP contribution in [0.25, 0.3) is 16.0 Å². The van der Waals surface area contributed by atoms with Crippen molar-refractivity contribution in [3.63, 3.8) is 0 Å². The quantitative estimate of drug-likeness (QED) is 0.262. The summed E-state index contributed by atoms with van der Waals surface area (Å²) in [5.41, 5.74) is 2.63. The third-order valence-electron chi connectivity index (χ3n) is 5.43. The predicted octanol–water partition coefficient (Wildman–Crippen LogP) is 5.37. The number of aliphatic hydroxyl groups excluding tert-OH is 1. The van der Waals surface area contributed by atoms with E-state index in [1.54, 1.807) is 36.4 Å². The molecule has 32 heavy (non-hydrogen) atoms. The van der Waals surface area contributed by atoms with E-state index in [1.807, 2.05) is 25.1 Å². The van der Waals surface area contributed by atoms with E-state index in [4.69, 9.17) is 0 Å². The van der Waals surface area contributed by atoms with Gasteiger partial charge < -0.3 is 5.11 Å². The minimum absolute atomic E-state index is 0.00418. The number of aryl methyl sites for hydroxylation is 1. The number of fused-ring (bicyclic) bond motifs is 1. The van der Waals surface area contributed by atoms with Gasteiger partial charge in [-0.3, -0.25) is 14.5 Å². The summed E-state index contributed by atoms with van der Waals surface area (Å²) in [5.74, 6) is -2.23. The zero-order valence-corrected chi connectivity index (χ0v) is 17.8. The Morgan fingerprint density at radius 3 is 2.47 bits per heavy atom. The first-order valence-corrected chi connectivity index (χ1v) is 10.7. The summed E-state index contributed by atoms with van der Waals surface area (Å²) < 4.78 is 14.3. The lowest BCUT2D eigenvalue weighted by Gasteiger charge is -2.22. The van der Waals surface area contributed by atoms with Gasteiger partial charge >= 0.3 is 5.91 Å². The van der Waals surface area contributed by atoms with Gasteiger partial charge in [-0.05, 0) is 30.7 Å². The van der Waals surface area contributed by atoms with Gasteiger partial charge in [0.15, 0.2) is 5.13 Å². The fourth-order valence-electron chi connectivity index (χ4n) is 3.84. The fraction of sp³-hybridized carbons (Fsp3) is 0.0800. The molecule has 2 heterocycles. The summed E-state index contributed by atoms with van der Waals surface area (Å²) in [4.78, 5) is 32.1. The number of hydrogen-bond acceptors (Lipinski definition) is 5. The second-order valence-corrected chi connectivity index (χ2v) is 8.56. The molecule has 1 atom stereocenters. The molecule has 0 spiro atoms. The molecule has 1 N–H and O–H groups in total.